The molecule has 0 aliphatic heterocycles. The Morgan fingerprint density at radius 2 is 1.68 bits per heavy atom. The van der Waals surface area contributed by atoms with E-state index < -0.39 is 0 Å². The molecule has 3 aliphatic carbocycles. The second-order valence-electron chi connectivity index (χ2n) is 8.37. The molecule has 2 bridgehead atoms. The van der Waals surface area contributed by atoms with E-state index in [0.29, 0.717) is 23.8 Å². The van der Waals surface area contributed by atoms with Crippen molar-refractivity contribution in [3.8, 4) is 0 Å². The van der Waals surface area contributed by atoms with Crippen molar-refractivity contribution in [1.82, 2.24) is 5.32 Å². The quantitative estimate of drug-likeness (QED) is 0.823. The third-order valence-corrected chi connectivity index (χ3v) is 6.89. The topological polar surface area (TPSA) is 55.1 Å². The molecule has 3 aliphatic rings. The van der Waals surface area contributed by atoms with Crippen molar-refractivity contribution in [3.05, 3.63) is 35.4 Å². The van der Waals surface area contributed by atoms with Crippen LogP contribution < -0.4 is 11.1 Å². The van der Waals surface area contributed by atoms with Gasteiger partial charge in [0.1, 0.15) is 0 Å². The average molecular weight is 363 g/mol. The highest BCUT2D eigenvalue weighted by Crippen LogP contribution is 2.43. The predicted octanol–water partition coefficient (Wildman–Crippen LogP) is 4.32. The van der Waals surface area contributed by atoms with Gasteiger partial charge in [0.05, 0.1) is 6.04 Å². The number of nitrogens with one attached hydrogen (secondary N) is 1. The van der Waals surface area contributed by atoms with Crippen LogP contribution in [-0.2, 0) is 4.79 Å². The highest BCUT2D eigenvalue weighted by molar-refractivity contribution is 5.85. The summed E-state index contributed by atoms with van der Waals surface area (Å²) in [4.78, 5) is 12.9. The van der Waals surface area contributed by atoms with Crippen LogP contribution >= 0.6 is 12.4 Å². The van der Waals surface area contributed by atoms with Gasteiger partial charge in [0, 0.05) is 12.0 Å². The number of carbonyl (C=O) groups excluding carboxylic acids is 1. The highest BCUT2D eigenvalue weighted by Gasteiger charge is 2.41. The summed E-state index contributed by atoms with van der Waals surface area (Å²) in [6.45, 7) is 2.29. The lowest BCUT2D eigenvalue weighted by atomic mass is 9.65. The highest BCUT2D eigenvalue weighted by atomic mass is 35.5. The zero-order valence-corrected chi connectivity index (χ0v) is 15.9. The van der Waals surface area contributed by atoms with Crippen molar-refractivity contribution in [2.75, 3.05) is 0 Å². The van der Waals surface area contributed by atoms with Crippen molar-refractivity contribution < 1.29 is 4.79 Å². The van der Waals surface area contributed by atoms with Gasteiger partial charge < -0.3 is 11.1 Å². The van der Waals surface area contributed by atoms with Crippen LogP contribution in [0.5, 0.6) is 0 Å². The van der Waals surface area contributed by atoms with Crippen LogP contribution in [0.1, 0.15) is 75.0 Å². The lowest BCUT2D eigenvalue weighted by Crippen LogP contribution is -2.49. The Hall–Kier alpha value is -1.06. The van der Waals surface area contributed by atoms with Gasteiger partial charge >= 0.3 is 0 Å². The number of fused-ring (bicyclic) bond motifs is 3. The van der Waals surface area contributed by atoms with Crippen molar-refractivity contribution in [1.29, 1.82) is 0 Å². The van der Waals surface area contributed by atoms with Gasteiger partial charge in [-0.2, -0.15) is 0 Å². The Morgan fingerprint density at radius 1 is 1.04 bits per heavy atom. The summed E-state index contributed by atoms with van der Waals surface area (Å²) >= 11 is 0. The molecule has 2 fully saturated rings. The molecule has 1 amide bonds. The molecule has 0 spiro atoms. The number of hydrogen-bond donors (Lipinski definition) is 2. The molecule has 0 saturated heterocycles. The minimum absolute atomic E-state index is 0. The van der Waals surface area contributed by atoms with Crippen molar-refractivity contribution in [2.45, 2.75) is 69.9 Å². The number of hydrogen-bond acceptors (Lipinski definition) is 2. The van der Waals surface area contributed by atoms with Crippen LogP contribution in [0.4, 0.5) is 0 Å². The van der Waals surface area contributed by atoms with E-state index in [1.807, 2.05) is 0 Å². The average Bonchev–Trinajstić information content (AvgIpc) is 2.57. The van der Waals surface area contributed by atoms with Gasteiger partial charge in [-0.15, -0.1) is 12.4 Å². The monoisotopic (exact) mass is 362 g/mol. The SMILES string of the molecule is CC1CCC(NC(=O)C2CC3CCCC(C2)C3N)c2ccccc21.Cl. The summed E-state index contributed by atoms with van der Waals surface area (Å²) in [5.74, 6) is 2.17. The summed E-state index contributed by atoms with van der Waals surface area (Å²) in [6.07, 6.45) is 7.93. The molecule has 4 rings (SSSR count). The fraction of sp³-hybridized carbons (Fsp3) is 0.667. The lowest BCUT2D eigenvalue weighted by Gasteiger charge is -2.44. The molecule has 0 radical (unpaired) electrons. The number of carbonyl (C=O) groups is 1. The van der Waals surface area contributed by atoms with Crippen LogP contribution in [0, 0.1) is 17.8 Å². The maximum absolute atomic E-state index is 12.9. The smallest absolute Gasteiger partial charge is 0.223 e. The molecule has 2 saturated carbocycles. The van der Waals surface area contributed by atoms with Crippen molar-refractivity contribution in [3.63, 3.8) is 0 Å². The zero-order valence-electron chi connectivity index (χ0n) is 15.1. The Morgan fingerprint density at radius 3 is 2.36 bits per heavy atom. The Balaban J connectivity index is 0.00000182. The number of benzene rings is 1. The maximum Gasteiger partial charge on any atom is 0.223 e. The molecular formula is C21H31ClN2O. The molecule has 0 aromatic heterocycles. The first kappa shape index (κ1) is 18.7. The predicted molar refractivity (Wildman–Crippen MR) is 104 cm³/mol. The summed E-state index contributed by atoms with van der Waals surface area (Å²) in [6, 6.07) is 9.16. The molecule has 4 atom stereocenters. The van der Waals surface area contributed by atoms with Crippen molar-refractivity contribution >= 4 is 18.3 Å². The molecule has 138 valence electrons. The largest absolute Gasteiger partial charge is 0.349 e. The zero-order chi connectivity index (χ0) is 16.7. The summed E-state index contributed by atoms with van der Waals surface area (Å²) in [7, 11) is 0. The summed E-state index contributed by atoms with van der Waals surface area (Å²) in [5, 5.41) is 3.39. The minimum atomic E-state index is 0. The first-order valence-electron chi connectivity index (χ1n) is 9.78. The molecular weight excluding hydrogens is 332 g/mol. The molecule has 1 aromatic rings. The van der Waals surface area contributed by atoms with E-state index >= 15 is 0 Å². The molecule has 25 heavy (non-hydrogen) atoms. The summed E-state index contributed by atoms with van der Waals surface area (Å²) in [5.41, 5.74) is 9.12. The third kappa shape index (κ3) is 3.59. The Kier molecular flexibility index (Phi) is 5.75. The van der Waals surface area contributed by atoms with E-state index in [1.54, 1.807) is 0 Å². The van der Waals surface area contributed by atoms with Crippen LogP contribution in [0.15, 0.2) is 24.3 Å². The third-order valence-electron chi connectivity index (χ3n) is 6.89. The van der Waals surface area contributed by atoms with E-state index in [0.717, 1.165) is 25.7 Å². The second-order valence-corrected chi connectivity index (χ2v) is 8.37. The van der Waals surface area contributed by atoms with Crippen LogP contribution in [0.3, 0.4) is 0 Å². The van der Waals surface area contributed by atoms with Gasteiger partial charge in [-0.25, -0.2) is 0 Å². The molecule has 4 unspecified atom stereocenters. The van der Waals surface area contributed by atoms with Gasteiger partial charge in [0.2, 0.25) is 5.91 Å². The number of amides is 1. The first-order valence-corrected chi connectivity index (χ1v) is 9.78. The van der Waals surface area contributed by atoms with Crippen LogP contribution in [-0.4, -0.2) is 11.9 Å². The van der Waals surface area contributed by atoms with Crippen LogP contribution in [0.25, 0.3) is 0 Å². The Bertz CT molecular complexity index is 606. The normalized spacial score (nSPS) is 36.7. The van der Waals surface area contributed by atoms with Gasteiger partial charge in [-0.3, -0.25) is 4.79 Å². The maximum atomic E-state index is 12.9. The lowest BCUT2D eigenvalue weighted by molar-refractivity contribution is -0.128. The van der Waals surface area contributed by atoms with E-state index in [9.17, 15) is 4.79 Å². The molecule has 3 nitrogen and oxygen atoms in total. The van der Waals surface area contributed by atoms with Gasteiger partial charge in [-0.05, 0) is 67.4 Å². The Labute approximate surface area is 157 Å². The van der Waals surface area contributed by atoms with Crippen molar-refractivity contribution in [2.24, 2.45) is 23.5 Å². The second kappa shape index (κ2) is 7.67. The molecule has 1 aromatic carbocycles. The fourth-order valence-electron chi connectivity index (χ4n) is 5.45. The standard InChI is InChI=1S/C21H30N2O.ClH/c1-13-9-10-19(18-8-3-2-7-17(13)18)23-21(24)16-11-14-5-4-6-15(12-16)20(14)22;/h2-3,7-8,13-16,19-20H,4-6,9-12,22H2,1H3,(H,23,24);1H. The van der Waals surface area contributed by atoms with E-state index in [1.165, 1.54) is 30.4 Å². The van der Waals surface area contributed by atoms with E-state index in [-0.39, 0.29) is 30.3 Å². The molecule has 0 heterocycles. The van der Waals surface area contributed by atoms with Gasteiger partial charge in [0.15, 0.2) is 0 Å². The number of nitrogens with two attached hydrogens (primary N) is 1. The van der Waals surface area contributed by atoms with Gasteiger partial charge in [0.25, 0.3) is 0 Å². The van der Waals surface area contributed by atoms with E-state index in [4.69, 9.17) is 5.73 Å². The first-order chi connectivity index (χ1) is 11.6. The fourth-order valence-corrected chi connectivity index (χ4v) is 5.45. The van der Waals surface area contributed by atoms with E-state index in [2.05, 4.69) is 36.5 Å². The molecule has 4 heteroatoms. The number of halogens is 1. The summed E-state index contributed by atoms with van der Waals surface area (Å²) < 4.78 is 0. The van der Waals surface area contributed by atoms with Crippen LogP contribution in [0.2, 0.25) is 0 Å². The minimum Gasteiger partial charge on any atom is -0.349 e. The number of rotatable bonds is 2. The molecule has 3 N–H and O–H groups in total. The van der Waals surface area contributed by atoms with Gasteiger partial charge in [-0.1, -0.05) is 37.6 Å².